The van der Waals surface area contributed by atoms with Gasteiger partial charge in [0.05, 0.1) is 11.2 Å². The lowest BCUT2D eigenvalue weighted by Gasteiger charge is -2.26. The Labute approximate surface area is 340 Å². The zero-order valence-electron chi connectivity index (χ0n) is 31.6. The molecule has 3 heterocycles. The summed E-state index contributed by atoms with van der Waals surface area (Å²) in [5.41, 5.74) is 14.9. The van der Waals surface area contributed by atoms with Crippen molar-refractivity contribution in [2.75, 3.05) is 4.90 Å². The molecule has 0 saturated heterocycles. The molecule has 4 heteroatoms. The Morgan fingerprint density at radius 3 is 2.10 bits per heavy atom. The molecule has 0 saturated carbocycles. The molecule has 3 aromatic heterocycles. The van der Waals surface area contributed by atoms with Gasteiger partial charge in [-0.1, -0.05) is 121 Å². The van der Waals surface area contributed by atoms with Gasteiger partial charge in [-0.15, -0.1) is 11.3 Å². The van der Waals surface area contributed by atoms with E-state index >= 15 is 0 Å². The minimum atomic E-state index is 0.876. The van der Waals surface area contributed by atoms with Gasteiger partial charge >= 0.3 is 0 Å². The maximum absolute atomic E-state index is 6.45. The van der Waals surface area contributed by atoms with E-state index in [0.29, 0.717) is 0 Å². The highest BCUT2D eigenvalue weighted by atomic mass is 32.1. The van der Waals surface area contributed by atoms with Crippen LogP contribution < -0.4 is 4.90 Å². The lowest BCUT2D eigenvalue weighted by Crippen LogP contribution is -2.10. The minimum Gasteiger partial charge on any atom is -0.456 e. The van der Waals surface area contributed by atoms with Crippen LogP contribution in [0.1, 0.15) is 17.7 Å². The van der Waals surface area contributed by atoms with Crippen molar-refractivity contribution in [2.45, 2.75) is 12.8 Å². The van der Waals surface area contributed by atoms with E-state index in [1.807, 2.05) is 23.5 Å². The van der Waals surface area contributed by atoms with Crippen molar-refractivity contribution in [3.05, 3.63) is 199 Å². The molecule has 8 aromatic carbocycles. The highest BCUT2D eigenvalue weighted by Gasteiger charge is 2.23. The molecule has 58 heavy (non-hydrogen) atoms. The van der Waals surface area contributed by atoms with Crippen LogP contribution in [0.15, 0.2) is 192 Å². The van der Waals surface area contributed by atoms with Crippen LogP contribution in [0.2, 0.25) is 0 Å². The Bertz CT molecular complexity index is 3400. The minimum absolute atomic E-state index is 0.876. The topological polar surface area (TPSA) is 21.3 Å². The molecule has 0 amide bonds. The zero-order valence-corrected chi connectivity index (χ0v) is 32.4. The maximum Gasteiger partial charge on any atom is 0.137 e. The van der Waals surface area contributed by atoms with Crippen molar-refractivity contribution in [2.24, 2.45) is 0 Å². The number of anilines is 3. The summed E-state index contributed by atoms with van der Waals surface area (Å²) in [5.74, 6) is 0. The number of furan rings is 1. The number of hydrogen-bond acceptors (Lipinski definition) is 3. The number of para-hydroxylation sites is 2. The summed E-state index contributed by atoms with van der Waals surface area (Å²) < 4.78 is 11.6. The number of benzene rings is 8. The molecular weight excluding hydrogens is 725 g/mol. The van der Waals surface area contributed by atoms with E-state index in [4.69, 9.17) is 4.42 Å². The normalized spacial score (nSPS) is 12.6. The van der Waals surface area contributed by atoms with E-state index in [9.17, 15) is 0 Å². The molecule has 3 nitrogen and oxygen atoms in total. The number of nitrogens with zero attached hydrogens (tertiary/aromatic N) is 2. The van der Waals surface area contributed by atoms with Crippen molar-refractivity contribution < 1.29 is 4.42 Å². The van der Waals surface area contributed by atoms with Crippen LogP contribution in [0.5, 0.6) is 0 Å². The molecule has 1 aliphatic rings. The predicted molar refractivity (Wildman–Crippen MR) is 246 cm³/mol. The first-order chi connectivity index (χ1) is 28.8. The quantitative estimate of drug-likeness (QED) is 0.168. The fourth-order valence-corrected chi connectivity index (χ4v) is 10.4. The number of thiophene rings is 1. The van der Waals surface area contributed by atoms with Crippen molar-refractivity contribution in [1.29, 1.82) is 0 Å². The number of allylic oxidation sites excluding steroid dienone is 1. The van der Waals surface area contributed by atoms with Crippen LogP contribution >= 0.6 is 11.3 Å². The Kier molecular flexibility index (Phi) is 7.54. The molecule has 0 unspecified atom stereocenters. The van der Waals surface area contributed by atoms with Gasteiger partial charge in [-0.3, -0.25) is 0 Å². The summed E-state index contributed by atoms with van der Waals surface area (Å²) >= 11 is 1.85. The van der Waals surface area contributed by atoms with Gasteiger partial charge in [0.15, 0.2) is 0 Å². The fourth-order valence-electron chi connectivity index (χ4n) is 9.27. The molecule has 1 aliphatic carbocycles. The van der Waals surface area contributed by atoms with Gasteiger partial charge in [-0.2, -0.15) is 0 Å². The van der Waals surface area contributed by atoms with E-state index in [-0.39, 0.29) is 0 Å². The van der Waals surface area contributed by atoms with Gasteiger partial charge < -0.3 is 13.9 Å². The number of fused-ring (bicyclic) bond motifs is 9. The van der Waals surface area contributed by atoms with Gasteiger partial charge in [0.1, 0.15) is 11.2 Å². The third-order valence-corrected chi connectivity index (χ3v) is 13.0. The van der Waals surface area contributed by atoms with Gasteiger partial charge in [-0.25, -0.2) is 0 Å². The van der Waals surface area contributed by atoms with Crippen molar-refractivity contribution >= 4 is 87.5 Å². The number of aromatic nitrogens is 1. The van der Waals surface area contributed by atoms with Gasteiger partial charge in [0, 0.05) is 76.3 Å². The highest BCUT2D eigenvalue weighted by molar-refractivity contribution is 7.25. The number of rotatable bonds is 6. The van der Waals surface area contributed by atoms with Crippen LogP contribution in [0.4, 0.5) is 17.1 Å². The SMILES string of the molecule is C1=Cc2c(n(-c3cccc(-c4ccccc4)c3-c3ccc(N(c4ccc5c(c4)oc4ccccc45)c4ccc5sc6ccccc6c5c4)cc3)c3ccccc23)CC1. The third kappa shape index (κ3) is 5.19. The molecule has 0 atom stereocenters. The average Bonchev–Trinajstić information content (AvgIpc) is 3.96. The van der Waals surface area contributed by atoms with E-state index in [1.54, 1.807) is 0 Å². The first kappa shape index (κ1) is 33.0. The smallest absolute Gasteiger partial charge is 0.137 e. The molecule has 274 valence electrons. The first-order valence-electron chi connectivity index (χ1n) is 20.0. The largest absolute Gasteiger partial charge is 0.456 e. The zero-order chi connectivity index (χ0) is 38.2. The van der Waals surface area contributed by atoms with Crippen LogP contribution in [0.25, 0.3) is 87.0 Å². The number of hydrogen-bond donors (Lipinski definition) is 0. The van der Waals surface area contributed by atoms with E-state index in [0.717, 1.165) is 51.8 Å². The van der Waals surface area contributed by atoms with Crippen molar-refractivity contribution in [3.63, 3.8) is 0 Å². The Morgan fingerprint density at radius 2 is 1.21 bits per heavy atom. The van der Waals surface area contributed by atoms with Gasteiger partial charge in [0.25, 0.3) is 0 Å². The molecule has 0 N–H and O–H groups in total. The van der Waals surface area contributed by atoms with Crippen LogP contribution in [0.3, 0.4) is 0 Å². The lowest BCUT2D eigenvalue weighted by atomic mass is 9.92. The molecule has 0 fully saturated rings. The predicted octanol–water partition coefficient (Wildman–Crippen LogP) is 15.7. The summed E-state index contributed by atoms with van der Waals surface area (Å²) in [4.78, 5) is 2.37. The average molecular weight is 761 g/mol. The van der Waals surface area contributed by atoms with Gasteiger partial charge in [0.2, 0.25) is 0 Å². The Morgan fingerprint density at radius 1 is 0.500 bits per heavy atom. The molecular formula is C54H36N2OS. The van der Waals surface area contributed by atoms with Crippen LogP contribution in [-0.4, -0.2) is 4.57 Å². The second-order valence-corrected chi connectivity index (χ2v) is 16.2. The molecule has 11 aromatic rings. The summed E-state index contributed by atoms with van der Waals surface area (Å²) in [7, 11) is 0. The van der Waals surface area contributed by atoms with E-state index in [1.165, 1.54) is 70.3 Å². The summed E-state index contributed by atoms with van der Waals surface area (Å²) in [6, 6.07) is 66.2. The summed E-state index contributed by atoms with van der Waals surface area (Å²) in [6.07, 6.45) is 6.67. The monoisotopic (exact) mass is 760 g/mol. The summed E-state index contributed by atoms with van der Waals surface area (Å²) in [5, 5.41) is 6.10. The lowest BCUT2D eigenvalue weighted by molar-refractivity contribution is 0.669. The second-order valence-electron chi connectivity index (χ2n) is 15.2. The Hall–Kier alpha value is -7.14. The maximum atomic E-state index is 6.45. The van der Waals surface area contributed by atoms with Crippen LogP contribution in [-0.2, 0) is 6.42 Å². The van der Waals surface area contributed by atoms with E-state index < -0.39 is 0 Å². The Balaban J connectivity index is 1.06. The molecule has 0 aliphatic heterocycles. The fraction of sp³-hybridized carbons (Fsp3) is 0.0370. The van der Waals surface area contributed by atoms with Crippen molar-refractivity contribution in [1.82, 2.24) is 4.57 Å². The second kappa shape index (κ2) is 13.2. The van der Waals surface area contributed by atoms with E-state index in [2.05, 4.69) is 191 Å². The standard InChI is InChI=1S/C54H36N2OS/c1-2-13-35(14-3-1)40-19-12-22-49(56-47-20-8-4-15-41(47)42-16-5-9-21-48(42)56)54(40)36-25-27-37(28-26-36)55(38-30-32-53-46(33-38)45-18-7-11-24-52(45)58-53)39-29-31-44-43-17-6-10-23-50(43)57-51(44)34-39/h1-8,10-20,22-34H,9,21H2. The highest BCUT2D eigenvalue weighted by Crippen LogP contribution is 2.45. The summed E-state index contributed by atoms with van der Waals surface area (Å²) in [6.45, 7) is 0. The van der Waals surface area contributed by atoms with Gasteiger partial charge in [-0.05, 0) is 96.3 Å². The first-order valence-corrected chi connectivity index (χ1v) is 20.8. The third-order valence-electron chi connectivity index (χ3n) is 11.9. The molecule has 12 rings (SSSR count). The van der Waals surface area contributed by atoms with Crippen LogP contribution in [0, 0.1) is 0 Å². The molecule has 0 radical (unpaired) electrons. The molecule has 0 spiro atoms. The van der Waals surface area contributed by atoms with Crippen molar-refractivity contribution in [3.8, 4) is 27.9 Å². The molecule has 0 bridgehead atoms.